The number of carbonyl (C=O) groups is 2. The largest absolute Gasteiger partial charge is 0.366 e. The standard InChI is InChI=1S/C21H24N4O4/c1-14-8-10-24(11-9-14)18-7-6-16(13-19(18)25(28)29)21(27)23-17-5-3-4-15(12-17)20(26)22-2/h3-7,12-14H,8-11H2,1-2H3,(H,22,26)(H,23,27). The summed E-state index contributed by atoms with van der Waals surface area (Å²) in [4.78, 5) is 37.5. The van der Waals surface area contributed by atoms with Gasteiger partial charge in [-0.25, -0.2) is 0 Å². The fourth-order valence-electron chi connectivity index (χ4n) is 3.41. The van der Waals surface area contributed by atoms with Crippen LogP contribution in [0.4, 0.5) is 17.1 Å². The third-order valence-electron chi connectivity index (χ3n) is 5.17. The molecule has 1 saturated heterocycles. The van der Waals surface area contributed by atoms with Crippen LogP contribution in [0.2, 0.25) is 0 Å². The van der Waals surface area contributed by atoms with Crippen LogP contribution >= 0.6 is 0 Å². The van der Waals surface area contributed by atoms with Gasteiger partial charge in [0.15, 0.2) is 0 Å². The van der Waals surface area contributed by atoms with Gasteiger partial charge >= 0.3 is 0 Å². The van der Waals surface area contributed by atoms with Crippen LogP contribution in [0.5, 0.6) is 0 Å². The summed E-state index contributed by atoms with van der Waals surface area (Å²) in [5, 5.41) is 16.8. The molecule has 0 bridgehead atoms. The average molecular weight is 396 g/mol. The molecule has 0 unspecified atom stereocenters. The van der Waals surface area contributed by atoms with E-state index in [1.165, 1.54) is 13.1 Å². The Morgan fingerprint density at radius 1 is 1.07 bits per heavy atom. The van der Waals surface area contributed by atoms with Gasteiger partial charge in [-0.15, -0.1) is 0 Å². The smallest absolute Gasteiger partial charge is 0.293 e. The van der Waals surface area contributed by atoms with Gasteiger partial charge in [0.2, 0.25) is 0 Å². The Kier molecular flexibility index (Phi) is 6.11. The number of carbonyl (C=O) groups excluding carboxylic acids is 2. The number of nitro benzene ring substituents is 1. The van der Waals surface area contributed by atoms with Gasteiger partial charge < -0.3 is 15.5 Å². The lowest BCUT2D eigenvalue weighted by atomic mass is 9.98. The molecule has 8 nitrogen and oxygen atoms in total. The summed E-state index contributed by atoms with van der Waals surface area (Å²) in [6.45, 7) is 3.71. The molecule has 1 fully saturated rings. The molecule has 0 saturated carbocycles. The van der Waals surface area contributed by atoms with Crippen molar-refractivity contribution in [1.29, 1.82) is 0 Å². The lowest BCUT2D eigenvalue weighted by Gasteiger charge is -2.31. The molecule has 0 atom stereocenters. The Labute approximate surface area is 169 Å². The highest BCUT2D eigenvalue weighted by Gasteiger charge is 2.24. The molecule has 1 aliphatic heterocycles. The predicted molar refractivity (Wildman–Crippen MR) is 111 cm³/mol. The highest BCUT2D eigenvalue weighted by atomic mass is 16.6. The van der Waals surface area contributed by atoms with E-state index in [0.29, 0.717) is 22.9 Å². The van der Waals surface area contributed by atoms with Crippen molar-refractivity contribution >= 4 is 28.9 Å². The van der Waals surface area contributed by atoms with Gasteiger partial charge in [0.1, 0.15) is 5.69 Å². The topological polar surface area (TPSA) is 105 Å². The fourth-order valence-corrected chi connectivity index (χ4v) is 3.41. The fraction of sp³-hybridized carbons (Fsp3) is 0.333. The van der Waals surface area contributed by atoms with Crippen molar-refractivity contribution in [3.8, 4) is 0 Å². The third-order valence-corrected chi connectivity index (χ3v) is 5.17. The molecule has 2 aromatic carbocycles. The van der Waals surface area contributed by atoms with Crippen molar-refractivity contribution in [2.24, 2.45) is 5.92 Å². The van der Waals surface area contributed by atoms with E-state index >= 15 is 0 Å². The molecule has 1 heterocycles. The summed E-state index contributed by atoms with van der Waals surface area (Å²) in [6.07, 6.45) is 1.97. The van der Waals surface area contributed by atoms with Crippen LogP contribution in [0.15, 0.2) is 42.5 Å². The first-order valence-electron chi connectivity index (χ1n) is 9.56. The van der Waals surface area contributed by atoms with Gasteiger partial charge in [-0.3, -0.25) is 19.7 Å². The molecule has 2 aromatic rings. The van der Waals surface area contributed by atoms with Crippen LogP contribution in [-0.2, 0) is 0 Å². The zero-order valence-corrected chi connectivity index (χ0v) is 16.5. The summed E-state index contributed by atoms with van der Waals surface area (Å²) in [6, 6.07) is 11.0. The quantitative estimate of drug-likeness (QED) is 0.595. The number of amides is 2. The lowest BCUT2D eigenvalue weighted by Crippen LogP contribution is -2.33. The number of hydrogen-bond acceptors (Lipinski definition) is 5. The summed E-state index contributed by atoms with van der Waals surface area (Å²) >= 11 is 0. The summed E-state index contributed by atoms with van der Waals surface area (Å²) in [5.41, 5.74) is 1.50. The number of nitro groups is 1. The van der Waals surface area contributed by atoms with Crippen LogP contribution < -0.4 is 15.5 Å². The molecule has 3 rings (SSSR count). The molecule has 29 heavy (non-hydrogen) atoms. The number of anilines is 2. The number of rotatable bonds is 5. The maximum atomic E-state index is 12.6. The SMILES string of the molecule is CNC(=O)c1cccc(NC(=O)c2ccc(N3CCC(C)CC3)c([N+](=O)[O-])c2)c1. The molecule has 1 aliphatic rings. The molecule has 2 amide bonds. The molecular weight excluding hydrogens is 372 g/mol. The van der Waals surface area contributed by atoms with Crippen LogP contribution in [-0.4, -0.2) is 36.9 Å². The first-order chi connectivity index (χ1) is 13.9. The van der Waals surface area contributed by atoms with Crippen LogP contribution in [0.3, 0.4) is 0 Å². The van der Waals surface area contributed by atoms with Crippen molar-refractivity contribution in [2.45, 2.75) is 19.8 Å². The van der Waals surface area contributed by atoms with Gasteiger partial charge in [0.25, 0.3) is 17.5 Å². The Morgan fingerprint density at radius 2 is 1.76 bits per heavy atom. The van der Waals surface area contributed by atoms with Crippen molar-refractivity contribution in [1.82, 2.24) is 5.32 Å². The minimum Gasteiger partial charge on any atom is -0.366 e. The van der Waals surface area contributed by atoms with E-state index in [4.69, 9.17) is 0 Å². The molecule has 152 valence electrons. The Bertz CT molecular complexity index is 936. The monoisotopic (exact) mass is 396 g/mol. The number of piperidine rings is 1. The van der Waals surface area contributed by atoms with Gasteiger partial charge in [-0.2, -0.15) is 0 Å². The Morgan fingerprint density at radius 3 is 2.41 bits per heavy atom. The van der Waals surface area contributed by atoms with E-state index in [-0.39, 0.29) is 17.2 Å². The normalized spacial score (nSPS) is 14.3. The summed E-state index contributed by atoms with van der Waals surface area (Å²) < 4.78 is 0. The molecular formula is C21H24N4O4. The van der Waals surface area contributed by atoms with Gasteiger partial charge in [0, 0.05) is 43.0 Å². The van der Waals surface area contributed by atoms with Crippen molar-refractivity contribution in [3.05, 3.63) is 63.7 Å². The number of nitrogens with one attached hydrogen (secondary N) is 2. The maximum absolute atomic E-state index is 12.6. The molecule has 0 aliphatic carbocycles. The van der Waals surface area contributed by atoms with Crippen molar-refractivity contribution in [3.63, 3.8) is 0 Å². The van der Waals surface area contributed by atoms with Crippen LogP contribution in [0, 0.1) is 16.0 Å². The van der Waals surface area contributed by atoms with Crippen LogP contribution in [0.1, 0.15) is 40.5 Å². The van der Waals surface area contributed by atoms with Gasteiger partial charge in [0.05, 0.1) is 4.92 Å². The van der Waals surface area contributed by atoms with E-state index in [1.54, 1.807) is 36.4 Å². The second kappa shape index (κ2) is 8.72. The first-order valence-corrected chi connectivity index (χ1v) is 9.56. The first kappa shape index (κ1) is 20.3. The zero-order valence-electron chi connectivity index (χ0n) is 16.5. The maximum Gasteiger partial charge on any atom is 0.293 e. The van der Waals surface area contributed by atoms with E-state index in [0.717, 1.165) is 25.9 Å². The van der Waals surface area contributed by atoms with Gasteiger partial charge in [-0.05, 0) is 49.1 Å². The van der Waals surface area contributed by atoms with E-state index < -0.39 is 10.8 Å². The number of hydrogen-bond donors (Lipinski definition) is 2. The minimum atomic E-state index is -0.471. The molecule has 2 N–H and O–H groups in total. The Balaban J connectivity index is 1.82. The summed E-state index contributed by atoms with van der Waals surface area (Å²) in [7, 11) is 1.53. The zero-order chi connectivity index (χ0) is 21.0. The van der Waals surface area contributed by atoms with E-state index in [2.05, 4.69) is 17.6 Å². The molecule has 0 radical (unpaired) electrons. The van der Waals surface area contributed by atoms with Crippen molar-refractivity contribution in [2.75, 3.05) is 30.4 Å². The van der Waals surface area contributed by atoms with Crippen LogP contribution in [0.25, 0.3) is 0 Å². The molecule has 0 spiro atoms. The lowest BCUT2D eigenvalue weighted by molar-refractivity contribution is -0.384. The van der Waals surface area contributed by atoms with E-state index in [9.17, 15) is 19.7 Å². The predicted octanol–water partition coefficient (Wildman–Crippen LogP) is 3.44. The molecule has 0 aromatic heterocycles. The minimum absolute atomic E-state index is 0.0775. The number of nitrogens with zero attached hydrogens (tertiary/aromatic N) is 2. The summed E-state index contributed by atoms with van der Waals surface area (Å²) in [5.74, 6) is -0.126. The highest BCUT2D eigenvalue weighted by Crippen LogP contribution is 2.32. The second-order valence-electron chi connectivity index (χ2n) is 7.24. The average Bonchev–Trinajstić information content (AvgIpc) is 2.73. The van der Waals surface area contributed by atoms with Crippen molar-refractivity contribution < 1.29 is 14.5 Å². The van der Waals surface area contributed by atoms with Gasteiger partial charge in [-0.1, -0.05) is 13.0 Å². The Hall–Kier alpha value is -3.42. The number of benzene rings is 2. The highest BCUT2D eigenvalue weighted by molar-refractivity contribution is 6.06. The second-order valence-corrected chi connectivity index (χ2v) is 7.24. The third kappa shape index (κ3) is 4.71. The molecule has 8 heteroatoms. The van der Waals surface area contributed by atoms with E-state index in [1.807, 2.05) is 4.90 Å².